The van der Waals surface area contributed by atoms with Crippen molar-refractivity contribution in [2.45, 2.75) is 25.7 Å². The molecule has 0 unspecified atom stereocenters. The van der Waals surface area contributed by atoms with E-state index in [0.29, 0.717) is 24.9 Å². The minimum Gasteiger partial charge on any atom is -0.463 e. The number of aromatic nitrogens is 4. The molecule has 1 aromatic carbocycles. The molecule has 0 saturated carbocycles. The molecule has 1 aliphatic rings. The van der Waals surface area contributed by atoms with E-state index in [9.17, 15) is 4.79 Å². The number of hydrogen-bond acceptors (Lipinski definition) is 6. The van der Waals surface area contributed by atoms with E-state index in [1.165, 1.54) is 34.7 Å². The van der Waals surface area contributed by atoms with Gasteiger partial charge in [0.15, 0.2) is 0 Å². The molecule has 1 aliphatic carbocycles. The fraction of sp³-hybridized carbons (Fsp3) is 0.280. The summed E-state index contributed by atoms with van der Waals surface area (Å²) in [6, 6.07) is 11.7. The molecule has 0 saturated heterocycles. The van der Waals surface area contributed by atoms with Gasteiger partial charge < -0.3 is 10.1 Å². The predicted octanol–water partition coefficient (Wildman–Crippen LogP) is 4.52. The van der Waals surface area contributed by atoms with E-state index < -0.39 is 0 Å². The minimum atomic E-state index is -0.167. The molecule has 0 fully saturated rings. The quantitative estimate of drug-likeness (QED) is 0.388. The average Bonchev–Trinajstić information content (AvgIpc) is 2.83. The fourth-order valence-corrected chi connectivity index (χ4v) is 4.59. The fourth-order valence-electron chi connectivity index (χ4n) is 4.24. The lowest BCUT2D eigenvalue weighted by molar-refractivity contribution is 0.290. The summed E-state index contributed by atoms with van der Waals surface area (Å²) in [4.78, 5) is 25.9. The van der Waals surface area contributed by atoms with Crippen LogP contribution in [-0.2, 0) is 19.9 Å². The first kappa shape index (κ1) is 21.6. The van der Waals surface area contributed by atoms with Crippen LogP contribution in [0.5, 0.6) is 6.01 Å². The summed E-state index contributed by atoms with van der Waals surface area (Å²) in [5, 5.41) is 4.70. The molecule has 1 N–H and O–H groups in total. The molecule has 7 nitrogen and oxygen atoms in total. The molecule has 5 rings (SSSR count). The van der Waals surface area contributed by atoms with Crippen molar-refractivity contribution in [2.24, 2.45) is 7.05 Å². The summed E-state index contributed by atoms with van der Waals surface area (Å²) in [5.74, 6) is 0. The Morgan fingerprint density at radius 3 is 2.76 bits per heavy atom. The number of fused-ring (bicyclic) bond motifs is 2. The van der Waals surface area contributed by atoms with Crippen molar-refractivity contribution >= 4 is 32.5 Å². The molecule has 0 bridgehead atoms. The van der Waals surface area contributed by atoms with Gasteiger partial charge in [-0.3, -0.25) is 19.3 Å². The number of pyridine rings is 2. The van der Waals surface area contributed by atoms with Gasteiger partial charge in [0, 0.05) is 58.9 Å². The van der Waals surface area contributed by atoms with E-state index in [4.69, 9.17) is 9.72 Å². The van der Waals surface area contributed by atoms with E-state index in [1.54, 1.807) is 19.4 Å². The van der Waals surface area contributed by atoms with Crippen LogP contribution in [0.15, 0.2) is 58.1 Å². The van der Waals surface area contributed by atoms with Gasteiger partial charge in [-0.1, -0.05) is 15.9 Å². The molecule has 3 heterocycles. The SMILES string of the molecule is Cn1c(OCCNc2c3c(nc4cc(Br)ccc24)CCCC3)nc(-c2ccncc2)cc1=O. The molecule has 168 valence electrons. The van der Waals surface area contributed by atoms with Crippen LogP contribution in [0.2, 0.25) is 0 Å². The number of aryl methyl sites for hydroxylation is 1. The highest BCUT2D eigenvalue weighted by atomic mass is 79.9. The number of nitrogens with zero attached hydrogens (tertiary/aromatic N) is 4. The molecule has 4 aromatic rings. The van der Waals surface area contributed by atoms with Crippen molar-refractivity contribution in [3.8, 4) is 17.3 Å². The Labute approximate surface area is 200 Å². The Morgan fingerprint density at radius 1 is 1.09 bits per heavy atom. The minimum absolute atomic E-state index is 0.167. The second kappa shape index (κ2) is 9.31. The van der Waals surface area contributed by atoms with Crippen molar-refractivity contribution in [3.05, 3.63) is 74.9 Å². The second-order valence-electron chi connectivity index (χ2n) is 8.11. The van der Waals surface area contributed by atoms with Crippen LogP contribution >= 0.6 is 15.9 Å². The lowest BCUT2D eigenvalue weighted by Crippen LogP contribution is -2.22. The molecule has 0 aliphatic heterocycles. The van der Waals surface area contributed by atoms with Crippen LogP contribution in [0.25, 0.3) is 22.2 Å². The standard InChI is InChI=1S/C25H24BrN5O2/c1-31-23(32)15-21(16-8-10-27-11-9-16)30-25(31)33-13-12-28-24-18-4-2-3-5-20(18)29-22-14-17(26)6-7-19(22)24/h6-11,14-15H,2-5,12-13H2,1H3,(H,28,29). The zero-order chi connectivity index (χ0) is 22.8. The molecule has 0 amide bonds. The van der Waals surface area contributed by atoms with Gasteiger partial charge in [-0.25, -0.2) is 0 Å². The lowest BCUT2D eigenvalue weighted by atomic mass is 9.92. The van der Waals surface area contributed by atoms with Crippen LogP contribution in [-0.4, -0.2) is 32.7 Å². The molecule has 0 atom stereocenters. The first-order valence-corrected chi connectivity index (χ1v) is 11.9. The van der Waals surface area contributed by atoms with Crippen LogP contribution < -0.4 is 15.6 Å². The Morgan fingerprint density at radius 2 is 1.91 bits per heavy atom. The Kier molecular flexibility index (Phi) is 6.09. The van der Waals surface area contributed by atoms with Gasteiger partial charge in [-0.2, -0.15) is 4.98 Å². The van der Waals surface area contributed by atoms with Crippen molar-refractivity contribution in [1.29, 1.82) is 0 Å². The highest BCUT2D eigenvalue weighted by Gasteiger charge is 2.18. The van der Waals surface area contributed by atoms with Gasteiger partial charge in [-0.05, 0) is 61.6 Å². The third-order valence-corrected chi connectivity index (χ3v) is 6.42. The molecule has 0 radical (unpaired) electrons. The zero-order valence-electron chi connectivity index (χ0n) is 18.3. The van der Waals surface area contributed by atoms with Crippen molar-refractivity contribution < 1.29 is 4.74 Å². The van der Waals surface area contributed by atoms with Crippen LogP contribution in [0.3, 0.4) is 0 Å². The van der Waals surface area contributed by atoms with E-state index >= 15 is 0 Å². The maximum absolute atomic E-state index is 12.4. The smallest absolute Gasteiger partial charge is 0.299 e. The first-order valence-electron chi connectivity index (χ1n) is 11.1. The normalized spacial score (nSPS) is 13.0. The summed E-state index contributed by atoms with van der Waals surface area (Å²) in [5.41, 5.74) is 5.85. The maximum atomic E-state index is 12.4. The number of ether oxygens (including phenoxy) is 1. The largest absolute Gasteiger partial charge is 0.463 e. The number of benzene rings is 1. The summed E-state index contributed by atoms with van der Waals surface area (Å²) in [6.07, 6.45) is 7.75. The van der Waals surface area contributed by atoms with Gasteiger partial charge >= 0.3 is 0 Å². The van der Waals surface area contributed by atoms with Gasteiger partial charge in [0.1, 0.15) is 6.61 Å². The number of rotatable bonds is 6. The van der Waals surface area contributed by atoms with Gasteiger partial charge in [-0.15, -0.1) is 0 Å². The van der Waals surface area contributed by atoms with E-state index in [0.717, 1.165) is 39.5 Å². The number of halogens is 1. The predicted molar refractivity (Wildman–Crippen MR) is 133 cm³/mol. The summed E-state index contributed by atoms with van der Waals surface area (Å²) >= 11 is 3.56. The van der Waals surface area contributed by atoms with Crippen LogP contribution in [0.1, 0.15) is 24.1 Å². The molecular formula is C25H24BrN5O2. The Hall–Kier alpha value is -3.26. The van der Waals surface area contributed by atoms with E-state index in [2.05, 4.69) is 43.3 Å². The van der Waals surface area contributed by atoms with Crippen molar-refractivity contribution in [2.75, 3.05) is 18.5 Å². The van der Waals surface area contributed by atoms with Gasteiger partial charge in [0.2, 0.25) is 0 Å². The number of hydrogen-bond donors (Lipinski definition) is 1. The number of anilines is 1. The first-order chi connectivity index (χ1) is 16.1. The van der Waals surface area contributed by atoms with E-state index in [-0.39, 0.29) is 5.56 Å². The maximum Gasteiger partial charge on any atom is 0.299 e. The molecule has 8 heteroatoms. The topological polar surface area (TPSA) is 81.9 Å². The third-order valence-electron chi connectivity index (χ3n) is 5.93. The van der Waals surface area contributed by atoms with Gasteiger partial charge in [0.25, 0.3) is 11.6 Å². The molecule has 3 aromatic heterocycles. The van der Waals surface area contributed by atoms with Gasteiger partial charge in [0.05, 0.1) is 11.2 Å². The molecule has 0 spiro atoms. The average molecular weight is 506 g/mol. The highest BCUT2D eigenvalue weighted by molar-refractivity contribution is 9.10. The monoisotopic (exact) mass is 505 g/mol. The summed E-state index contributed by atoms with van der Waals surface area (Å²) in [7, 11) is 1.67. The highest BCUT2D eigenvalue weighted by Crippen LogP contribution is 2.34. The lowest BCUT2D eigenvalue weighted by Gasteiger charge is -2.22. The van der Waals surface area contributed by atoms with Crippen molar-refractivity contribution in [1.82, 2.24) is 19.5 Å². The summed E-state index contributed by atoms with van der Waals surface area (Å²) in [6.45, 7) is 0.951. The second-order valence-corrected chi connectivity index (χ2v) is 9.03. The summed E-state index contributed by atoms with van der Waals surface area (Å²) < 4.78 is 8.37. The Bertz CT molecular complexity index is 1370. The van der Waals surface area contributed by atoms with Crippen LogP contribution in [0.4, 0.5) is 5.69 Å². The van der Waals surface area contributed by atoms with Crippen molar-refractivity contribution in [3.63, 3.8) is 0 Å². The van der Waals surface area contributed by atoms with E-state index in [1.807, 2.05) is 18.2 Å². The molecule has 33 heavy (non-hydrogen) atoms. The molecular weight excluding hydrogens is 482 g/mol. The third kappa shape index (κ3) is 4.48. The Balaban J connectivity index is 1.36. The zero-order valence-corrected chi connectivity index (χ0v) is 19.9. The number of nitrogens with one attached hydrogen (secondary N) is 1. The van der Waals surface area contributed by atoms with Crippen LogP contribution in [0, 0.1) is 0 Å².